The Labute approximate surface area is 173 Å². The first-order chi connectivity index (χ1) is 13.4. The van der Waals surface area contributed by atoms with Gasteiger partial charge in [-0.15, -0.1) is 23.1 Å². The molecule has 0 saturated carbocycles. The summed E-state index contributed by atoms with van der Waals surface area (Å²) in [5, 5.41) is 3.77. The lowest BCUT2D eigenvalue weighted by Crippen LogP contribution is -2.31. The molecule has 28 heavy (non-hydrogen) atoms. The van der Waals surface area contributed by atoms with E-state index in [-0.39, 0.29) is 29.4 Å². The van der Waals surface area contributed by atoms with E-state index < -0.39 is 0 Å². The van der Waals surface area contributed by atoms with Crippen LogP contribution in [0.2, 0.25) is 0 Å². The monoisotopic (exact) mass is 413 g/mol. The van der Waals surface area contributed by atoms with Gasteiger partial charge in [-0.05, 0) is 43.7 Å². The Balaban J connectivity index is 1.49. The van der Waals surface area contributed by atoms with Crippen molar-refractivity contribution in [2.45, 2.75) is 19.9 Å². The predicted octanol–water partition coefficient (Wildman–Crippen LogP) is 4.50. The van der Waals surface area contributed by atoms with Crippen LogP contribution in [0.25, 0.3) is 10.2 Å². The van der Waals surface area contributed by atoms with E-state index in [1.54, 1.807) is 23.3 Å². The number of thiazole rings is 1. The zero-order valence-corrected chi connectivity index (χ0v) is 17.8. The van der Waals surface area contributed by atoms with E-state index in [1.807, 2.05) is 62.4 Å². The lowest BCUT2D eigenvalue weighted by Gasteiger charge is -2.23. The number of hydrogen-bond acceptors (Lipinski definition) is 5. The zero-order chi connectivity index (χ0) is 20.1. The number of thioether (sulfide) groups is 1. The maximum atomic E-state index is 12.5. The van der Waals surface area contributed by atoms with Crippen LogP contribution in [0.4, 0.5) is 5.69 Å². The first-order valence-electron chi connectivity index (χ1n) is 8.99. The van der Waals surface area contributed by atoms with Crippen molar-refractivity contribution in [3.8, 4) is 0 Å². The fourth-order valence-corrected chi connectivity index (χ4v) is 4.50. The van der Waals surface area contributed by atoms with Crippen LogP contribution < -0.4 is 5.32 Å². The second-order valence-corrected chi connectivity index (χ2v) is 8.66. The van der Waals surface area contributed by atoms with Gasteiger partial charge in [-0.1, -0.05) is 24.3 Å². The summed E-state index contributed by atoms with van der Waals surface area (Å²) < 4.78 is 1.12. The quantitative estimate of drug-likeness (QED) is 0.620. The van der Waals surface area contributed by atoms with Crippen LogP contribution in [-0.2, 0) is 9.59 Å². The minimum absolute atomic E-state index is 0.0138. The van der Waals surface area contributed by atoms with Crippen LogP contribution in [0, 0.1) is 6.92 Å². The van der Waals surface area contributed by atoms with E-state index in [0.717, 1.165) is 26.5 Å². The predicted molar refractivity (Wildman–Crippen MR) is 118 cm³/mol. The van der Waals surface area contributed by atoms with Crippen LogP contribution in [0.3, 0.4) is 0 Å². The molecule has 7 heteroatoms. The summed E-state index contributed by atoms with van der Waals surface area (Å²) in [6.07, 6.45) is 0. The molecule has 3 rings (SSSR count). The summed E-state index contributed by atoms with van der Waals surface area (Å²) in [6.45, 7) is 3.95. The molecule has 1 atom stereocenters. The molecule has 3 aromatic rings. The summed E-state index contributed by atoms with van der Waals surface area (Å²) in [5.74, 6) is 0.376. The number of para-hydroxylation sites is 1. The SMILES string of the molecule is Cc1cccc(NC(=O)CSCC(=O)N(C)[C@@H](C)c2nc3ccccc3s2)c1. The maximum Gasteiger partial charge on any atom is 0.234 e. The van der Waals surface area contributed by atoms with Gasteiger partial charge in [0.15, 0.2) is 0 Å². The van der Waals surface area contributed by atoms with E-state index in [4.69, 9.17) is 0 Å². The van der Waals surface area contributed by atoms with Gasteiger partial charge in [0, 0.05) is 12.7 Å². The number of aryl methyl sites for hydroxylation is 1. The summed E-state index contributed by atoms with van der Waals surface area (Å²) >= 11 is 2.92. The molecule has 2 aromatic carbocycles. The van der Waals surface area contributed by atoms with E-state index in [0.29, 0.717) is 0 Å². The Bertz CT molecular complexity index is 953. The van der Waals surface area contributed by atoms with Crippen molar-refractivity contribution in [3.63, 3.8) is 0 Å². The molecule has 0 fully saturated rings. The fourth-order valence-electron chi connectivity index (χ4n) is 2.70. The third kappa shape index (κ3) is 5.11. The van der Waals surface area contributed by atoms with Crippen LogP contribution in [-0.4, -0.2) is 40.3 Å². The minimum Gasteiger partial charge on any atom is -0.336 e. The molecule has 0 aliphatic rings. The first kappa shape index (κ1) is 20.4. The molecule has 0 bridgehead atoms. The number of fused-ring (bicyclic) bond motifs is 1. The third-order valence-electron chi connectivity index (χ3n) is 4.40. The summed E-state index contributed by atoms with van der Waals surface area (Å²) in [7, 11) is 1.78. The second-order valence-electron chi connectivity index (χ2n) is 6.61. The van der Waals surface area contributed by atoms with Gasteiger partial charge in [0.25, 0.3) is 0 Å². The van der Waals surface area contributed by atoms with Crippen LogP contribution in [0.5, 0.6) is 0 Å². The Morgan fingerprint density at radius 3 is 2.71 bits per heavy atom. The number of nitrogens with one attached hydrogen (secondary N) is 1. The lowest BCUT2D eigenvalue weighted by atomic mass is 10.2. The number of carbonyl (C=O) groups is 2. The summed E-state index contributed by atoms with van der Waals surface area (Å²) in [5.41, 5.74) is 2.82. The number of benzene rings is 2. The van der Waals surface area contributed by atoms with Gasteiger partial charge in [0.2, 0.25) is 11.8 Å². The van der Waals surface area contributed by atoms with Gasteiger partial charge < -0.3 is 10.2 Å². The number of nitrogens with zero attached hydrogens (tertiary/aromatic N) is 2. The number of amides is 2. The van der Waals surface area contributed by atoms with Crippen LogP contribution in [0.1, 0.15) is 23.5 Å². The van der Waals surface area contributed by atoms with Crippen molar-refractivity contribution in [3.05, 3.63) is 59.1 Å². The van der Waals surface area contributed by atoms with Crippen LogP contribution >= 0.6 is 23.1 Å². The number of rotatable bonds is 7. The van der Waals surface area contributed by atoms with E-state index in [1.165, 1.54) is 11.8 Å². The molecule has 0 aliphatic heterocycles. The summed E-state index contributed by atoms with van der Waals surface area (Å²) in [6, 6.07) is 15.5. The first-order valence-corrected chi connectivity index (χ1v) is 11.0. The molecular weight excluding hydrogens is 390 g/mol. The molecule has 1 heterocycles. The highest BCUT2D eigenvalue weighted by Crippen LogP contribution is 2.29. The minimum atomic E-state index is -0.106. The Kier molecular flexibility index (Phi) is 6.70. The standard InChI is InChI=1S/C21H23N3O2S2/c1-14-7-6-8-16(11-14)22-19(25)12-27-13-20(26)24(3)15(2)21-23-17-9-4-5-10-18(17)28-21/h4-11,15H,12-13H2,1-3H3,(H,22,25)/t15-/m0/s1. The smallest absolute Gasteiger partial charge is 0.234 e. The number of anilines is 1. The molecular formula is C21H23N3O2S2. The number of aromatic nitrogens is 1. The average Bonchev–Trinajstić information content (AvgIpc) is 3.11. The van der Waals surface area contributed by atoms with E-state index in [2.05, 4.69) is 10.3 Å². The topological polar surface area (TPSA) is 62.3 Å². The van der Waals surface area contributed by atoms with Gasteiger partial charge in [-0.25, -0.2) is 4.98 Å². The van der Waals surface area contributed by atoms with Gasteiger partial charge in [-0.2, -0.15) is 0 Å². The molecule has 1 N–H and O–H groups in total. The van der Waals surface area contributed by atoms with Gasteiger partial charge >= 0.3 is 0 Å². The largest absolute Gasteiger partial charge is 0.336 e. The second kappa shape index (κ2) is 9.21. The fraction of sp³-hybridized carbons (Fsp3) is 0.286. The normalized spacial score (nSPS) is 12.0. The van der Waals surface area contributed by atoms with Crippen molar-refractivity contribution in [1.29, 1.82) is 0 Å². The highest BCUT2D eigenvalue weighted by atomic mass is 32.2. The van der Waals surface area contributed by atoms with Crippen molar-refractivity contribution in [2.75, 3.05) is 23.9 Å². The van der Waals surface area contributed by atoms with Crippen LogP contribution in [0.15, 0.2) is 48.5 Å². The van der Waals surface area contributed by atoms with Crippen molar-refractivity contribution >= 4 is 50.8 Å². The molecule has 146 valence electrons. The van der Waals surface area contributed by atoms with Gasteiger partial charge in [0.1, 0.15) is 5.01 Å². The molecule has 0 radical (unpaired) electrons. The summed E-state index contributed by atoms with van der Waals surface area (Å²) in [4.78, 5) is 30.9. The maximum absolute atomic E-state index is 12.5. The Morgan fingerprint density at radius 2 is 1.96 bits per heavy atom. The van der Waals surface area contributed by atoms with Crippen molar-refractivity contribution in [2.24, 2.45) is 0 Å². The number of carbonyl (C=O) groups excluding carboxylic acids is 2. The molecule has 0 saturated heterocycles. The highest BCUT2D eigenvalue weighted by Gasteiger charge is 2.20. The Hall–Kier alpha value is -2.38. The molecule has 0 unspecified atom stereocenters. The highest BCUT2D eigenvalue weighted by molar-refractivity contribution is 8.00. The zero-order valence-electron chi connectivity index (χ0n) is 16.1. The average molecular weight is 414 g/mol. The van der Waals surface area contributed by atoms with Gasteiger partial charge in [-0.3, -0.25) is 9.59 Å². The van der Waals surface area contributed by atoms with Gasteiger partial charge in [0.05, 0.1) is 27.8 Å². The van der Waals surface area contributed by atoms with E-state index >= 15 is 0 Å². The molecule has 5 nitrogen and oxygen atoms in total. The lowest BCUT2D eigenvalue weighted by molar-refractivity contribution is -0.128. The molecule has 2 amide bonds. The molecule has 0 spiro atoms. The van der Waals surface area contributed by atoms with E-state index in [9.17, 15) is 9.59 Å². The Morgan fingerprint density at radius 1 is 1.18 bits per heavy atom. The molecule has 1 aromatic heterocycles. The molecule has 0 aliphatic carbocycles. The third-order valence-corrected chi connectivity index (χ3v) is 6.53. The number of hydrogen-bond donors (Lipinski definition) is 1. The van der Waals surface area contributed by atoms with Crippen molar-refractivity contribution < 1.29 is 9.59 Å². The van der Waals surface area contributed by atoms with Crippen molar-refractivity contribution in [1.82, 2.24) is 9.88 Å².